The number of rotatable bonds is 2. The van der Waals surface area contributed by atoms with Gasteiger partial charge in [0.1, 0.15) is 23.6 Å². The molecule has 2 amide bonds. The van der Waals surface area contributed by atoms with Gasteiger partial charge in [-0.15, -0.1) is 0 Å². The molecule has 6 nitrogen and oxygen atoms in total. The van der Waals surface area contributed by atoms with Gasteiger partial charge in [0.25, 0.3) is 0 Å². The molecule has 1 unspecified atom stereocenters. The van der Waals surface area contributed by atoms with Crippen LogP contribution in [-0.2, 0) is 0 Å². The molecule has 1 atom stereocenters. The first kappa shape index (κ1) is 16.6. The van der Waals surface area contributed by atoms with Crippen LogP contribution in [-0.4, -0.2) is 28.7 Å². The molecule has 5 rings (SSSR count). The molecule has 1 N–H and O–H groups in total. The van der Waals surface area contributed by atoms with Crippen LogP contribution < -0.4 is 15.1 Å². The van der Waals surface area contributed by atoms with Crippen molar-refractivity contribution in [2.45, 2.75) is 12.6 Å². The number of urea groups is 1. The number of fused-ring (bicyclic) bond motifs is 3. The highest BCUT2D eigenvalue weighted by atomic mass is 19.1. The summed E-state index contributed by atoms with van der Waals surface area (Å²) in [5, 5.41) is 2.78. The summed E-state index contributed by atoms with van der Waals surface area (Å²) in [6, 6.07) is 11.7. The van der Waals surface area contributed by atoms with Crippen LogP contribution in [0.25, 0.3) is 11.3 Å². The Morgan fingerprint density at radius 1 is 1.11 bits per heavy atom. The van der Waals surface area contributed by atoms with E-state index in [4.69, 9.17) is 0 Å². The van der Waals surface area contributed by atoms with Gasteiger partial charge in [0.15, 0.2) is 5.82 Å². The van der Waals surface area contributed by atoms with Crippen molar-refractivity contribution in [1.29, 1.82) is 0 Å². The number of hydrogen-bond acceptors (Lipinski definition) is 4. The molecule has 140 valence electrons. The molecule has 0 bridgehead atoms. The molecule has 4 heterocycles. The number of carbonyl (C=O) groups excluding carboxylic acids is 1. The number of carbonyl (C=O) groups is 1. The molecular formula is C20H15F2N5O. The van der Waals surface area contributed by atoms with E-state index in [1.165, 1.54) is 12.1 Å². The van der Waals surface area contributed by atoms with Gasteiger partial charge in [0.2, 0.25) is 0 Å². The molecule has 2 aliphatic rings. The van der Waals surface area contributed by atoms with Gasteiger partial charge in [0.05, 0.1) is 11.4 Å². The predicted molar refractivity (Wildman–Crippen MR) is 101 cm³/mol. The zero-order valence-electron chi connectivity index (χ0n) is 14.6. The van der Waals surface area contributed by atoms with Gasteiger partial charge in [-0.1, -0.05) is 6.07 Å². The van der Waals surface area contributed by atoms with Crippen molar-refractivity contribution in [2.24, 2.45) is 0 Å². The first-order valence-corrected chi connectivity index (χ1v) is 8.85. The smallest absolute Gasteiger partial charge is 0.330 e. The highest BCUT2D eigenvalue weighted by Gasteiger charge is 2.46. The van der Waals surface area contributed by atoms with Crippen molar-refractivity contribution in [2.75, 3.05) is 21.7 Å². The summed E-state index contributed by atoms with van der Waals surface area (Å²) in [5.41, 5.74) is 1.54. The van der Waals surface area contributed by atoms with Crippen LogP contribution in [0.1, 0.15) is 6.42 Å². The summed E-state index contributed by atoms with van der Waals surface area (Å²) in [6.45, 7) is 0.820. The van der Waals surface area contributed by atoms with Crippen molar-refractivity contribution in [3.8, 4) is 11.3 Å². The summed E-state index contributed by atoms with van der Waals surface area (Å²) < 4.78 is 27.2. The molecule has 0 radical (unpaired) electrons. The van der Waals surface area contributed by atoms with E-state index >= 15 is 0 Å². The molecule has 3 aromatic rings. The second-order valence-electron chi connectivity index (χ2n) is 6.68. The van der Waals surface area contributed by atoms with Crippen LogP contribution in [0.15, 0.2) is 54.7 Å². The summed E-state index contributed by atoms with van der Waals surface area (Å²) in [4.78, 5) is 25.2. The number of aromatic nitrogens is 2. The van der Waals surface area contributed by atoms with Crippen molar-refractivity contribution in [1.82, 2.24) is 9.97 Å². The Morgan fingerprint density at radius 2 is 1.93 bits per heavy atom. The molecule has 1 fully saturated rings. The van der Waals surface area contributed by atoms with Gasteiger partial charge in [-0.25, -0.2) is 23.5 Å². The highest BCUT2D eigenvalue weighted by molar-refractivity contribution is 6.06. The number of benzene rings is 1. The van der Waals surface area contributed by atoms with Crippen LogP contribution in [0, 0.1) is 11.6 Å². The topological polar surface area (TPSA) is 61.4 Å². The van der Waals surface area contributed by atoms with E-state index in [0.29, 0.717) is 22.9 Å². The lowest BCUT2D eigenvalue weighted by molar-refractivity contribution is 0.252. The second-order valence-corrected chi connectivity index (χ2v) is 6.68. The Kier molecular flexibility index (Phi) is 3.71. The zero-order valence-corrected chi connectivity index (χ0v) is 14.6. The fourth-order valence-electron chi connectivity index (χ4n) is 3.61. The van der Waals surface area contributed by atoms with Crippen LogP contribution >= 0.6 is 0 Å². The van der Waals surface area contributed by atoms with Crippen molar-refractivity contribution in [3.63, 3.8) is 0 Å². The van der Waals surface area contributed by atoms with E-state index < -0.39 is 11.6 Å². The number of anilines is 3. The number of amides is 2. The van der Waals surface area contributed by atoms with Crippen molar-refractivity contribution < 1.29 is 13.6 Å². The van der Waals surface area contributed by atoms with E-state index in [2.05, 4.69) is 20.2 Å². The van der Waals surface area contributed by atoms with Crippen LogP contribution in [0.3, 0.4) is 0 Å². The molecular weight excluding hydrogens is 364 g/mol. The van der Waals surface area contributed by atoms with Gasteiger partial charge < -0.3 is 4.90 Å². The largest absolute Gasteiger partial charge is 0.347 e. The number of hydrogen-bond donors (Lipinski definition) is 1. The molecule has 2 aliphatic heterocycles. The van der Waals surface area contributed by atoms with E-state index in [-0.39, 0.29) is 12.2 Å². The summed E-state index contributed by atoms with van der Waals surface area (Å²) in [6.07, 6.45) is 2.29. The summed E-state index contributed by atoms with van der Waals surface area (Å²) in [7, 11) is 0. The fraction of sp³-hybridized carbons (Fsp3) is 0.150. The van der Waals surface area contributed by atoms with E-state index in [0.717, 1.165) is 24.7 Å². The van der Waals surface area contributed by atoms with Crippen molar-refractivity contribution >= 4 is 23.4 Å². The number of pyridine rings is 2. The molecule has 0 saturated carbocycles. The molecule has 1 aromatic carbocycles. The van der Waals surface area contributed by atoms with Gasteiger partial charge in [0, 0.05) is 30.8 Å². The average molecular weight is 379 g/mol. The molecule has 0 spiro atoms. The maximum absolute atomic E-state index is 13.6. The van der Waals surface area contributed by atoms with Gasteiger partial charge >= 0.3 is 6.03 Å². The second kappa shape index (κ2) is 6.26. The summed E-state index contributed by atoms with van der Waals surface area (Å²) >= 11 is 0. The van der Waals surface area contributed by atoms with Gasteiger partial charge in [-0.2, -0.15) is 0 Å². The summed E-state index contributed by atoms with van der Waals surface area (Å²) in [5.74, 6) is -0.440. The predicted octanol–water partition coefficient (Wildman–Crippen LogP) is 4.01. The van der Waals surface area contributed by atoms with Crippen LogP contribution in [0.5, 0.6) is 0 Å². The average Bonchev–Trinajstić information content (AvgIpc) is 2.87. The van der Waals surface area contributed by atoms with E-state index in [9.17, 15) is 13.6 Å². The van der Waals surface area contributed by atoms with Gasteiger partial charge in [-0.05, 0) is 36.4 Å². The Labute approximate surface area is 159 Å². The standard InChI is InChI=1S/C20H15F2N5O/c21-13-9-12(10-14(22)11-13)15-4-5-16-19(24-15)27(18-6-8-26(16)18)20(28)25-17-3-1-2-7-23-17/h1-5,7,9-11,18H,6,8H2,(H,23,25,28). The Bertz CT molecular complexity index is 1060. The van der Waals surface area contributed by atoms with Crippen LogP contribution in [0.2, 0.25) is 0 Å². The van der Waals surface area contributed by atoms with E-state index in [1.54, 1.807) is 35.4 Å². The maximum Gasteiger partial charge on any atom is 0.330 e. The van der Waals surface area contributed by atoms with Crippen molar-refractivity contribution in [3.05, 3.63) is 66.4 Å². The van der Waals surface area contributed by atoms with Crippen LogP contribution in [0.4, 0.5) is 30.9 Å². The lowest BCUT2D eigenvalue weighted by atomic mass is 10.1. The third-order valence-corrected chi connectivity index (χ3v) is 4.96. The Morgan fingerprint density at radius 3 is 2.61 bits per heavy atom. The minimum absolute atomic E-state index is 0.120. The molecule has 28 heavy (non-hydrogen) atoms. The normalized spacial score (nSPS) is 17.0. The lowest BCUT2D eigenvalue weighted by Crippen LogP contribution is -2.56. The number of nitrogens with one attached hydrogen (secondary N) is 1. The first-order valence-electron chi connectivity index (χ1n) is 8.85. The highest BCUT2D eigenvalue weighted by Crippen LogP contribution is 2.45. The Balaban J connectivity index is 1.52. The number of nitrogens with zero attached hydrogens (tertiary/aromatic N) is 4. The monoisotopic (exact) mass is 379 g/mol. The quantitative estimate of drug-likeness (QED) is 0.731. The Hall–Kier alpha value is -3.55. The third kappa shape index (κ3) is 2.65. The van der Waals surface area contributed by atoms with Gasteiger partial charge in [-0.3, -0.25) is 10.2 Å². The minimum atomic E-state index is -0.675. The maximum atomic E-state index is 13.6. The third-order valence-electron chi connectivity index (χ3n) is 4.96. The van der Waals surface area contributed by atoms with E-state index in [1.807, 2.05) is 6.07 Å². The molecule has 1 saturated heterocycles. The zero-order chi connectivity index (χ0) is 19.3. The first-order chi connectivity index (χ1) is 13.6. The number of halogens is 2. The SMILES string of the molecule is O=C(Nc1ccccn1)N1c2nc(-c3cc(F)cc(F)c3)ccc2N2CCC21. The molecule has 2 aromatic heterocycles. The fourth-order valence-corrected chi connectivity index (χ4v) is 3.61. The minimum Gasteiger partial charge on any atom is -0.347 e. The molecule has 8 heteroatoms. The molecule has 0 aliphatic carbocycles. The lowest BCUT2D eigenvalue weighted by Gasteiger charge is -2.39.